The van der Waals surface area contributed by atoms with Gasteiger partial charge in [-0.15, -0.1) is 10.2 Å². The van der Waals surface area contributed by atoms with Crippen molar-refractivity contribution in [1.82, 2.24) is 10.2 Å². The van der Waals surface area contributed by atoms with Crippen LogP contribution in [0.1, 0.15) is 5.89 Å². The maximum Gasteiger partial charge on any atom is 0.326 e. The fraction of sp³-hybridized carbons (Fsp3) is 0.625. The molecule has 2 heterocycles. The zero-order valence-electron chi connectivity index (χ0n) is 8.35. The normalized spacial score (nSPS) is 18.3. The van der Waals surface area contributed by atoms with E-state index in [4.69, 9.17) is 13.9 Å². The molecule has 1 aliphatic heterocycles. The maximum absolute atomic E-state index is 11.6. The van der Waals surface area contributed by atoms with Crippen LogP contribution < -0.4 is 0 Å². The number of nitrogens with zero attached hydrogens (tertiary/aromatic N) is 2. The predicted octanol–water partition coefficient (Wildman–Crippen LogP) is 0.232. The summed E-state index contributed by atoms with van der Waals surface area (Å²) in [6, 6.07) is 0. The highest BCUT2D eigenvalue weighted by atomic mass is 32.2. The van der Waals surface area contributed by atoms with Crippen LogP contribution in [0.2, 0.25) is 0 Å². The molecule has 0 aliphatic carbocycles. The summed E-state index contributed by atoms with van der Waals surface area (Å²) < 4.78 is 15.0. The Bertz CT molecular complexity index is 374. The molecule has 0 radical (unpaired) electrons. The Balaban J connectivity index is 2.29. The first-order valence-corrected chi connectivity index (χ1v) is 5.49. The van der Waals surface area contributed by atoms with Crippen LogP contribution in [0.25, 0.3) is 0 Å². The van der Waals surface area contributed by atoms with Crippen LogP contribution in [-0.2, 0) is 19.7 Å². The average Bonchev–Trinajstić information content (AvgIpc) is 2.64. The van der Waals surface area contributed by atoms with E-state index >= 15 is 0 Å². The maximum atomic E-state index is 11.6. The van der Waals surface area contributed by atoms with Crippen molar-refractivity contribution >= 4 is 17.7 Å². The van der Waals surface area contributed by atoms with Crippen LogP contribution in [0.3, 0.4) is 0 Å². The lowest BCUT2D eigenvalue weighted by atomic mass is 9.86. The second-order valence-corrected chi connectivity index (χ2v) is 3.90. The molecule has 1 fully saturated rings. The molecule has 1 saturated heterocycles. The van der Waals surface area contributed by atoms with Crippen molar-refractivity contribution in [1.29, 1.82) is 0 Å². The first kappa shape index (κ1) is 10.4. The minimum absolute atomic E-state index is 0.232. The largest absolute Gasteiger partial charge is 0.468 e. The molecular formula is C8H10N2O4S. The van der Waals surface area contributed by atoms with Crippen LogP contribution in [0.15, 0.2) is 9.64 Å². The molecule has 7 heteroatoms. The summed E-state index contributed by atoms with van der Waals surface area (Å²) in [6.45, 7) is 0.464. The molecule has 0 aromatic carbocycles. The number of aromatic nitrogens is 2. The smallest absolute Gasteiger partial charge is 0.326 e. The van der Waals surface area contributed by atoms with Crippen molar-refractivity contribution in [3.05, 3.63) is 5.89 Å². The monoisotopic (exact) mass is 230 g/mol. The molecule has 0 atom stereocenters. The van der Waals surface area contributed by atoms with Gasteiger partial charge in [-0.2, -0.15) is 0 Å². The van der Waals surface area contributed by atoms with E-state index in [1.165, 1.54) is 18.9 Å². The Morgan fingerprint density at radius 2 is 2.27 bits per heavy atom. The van der Waals surface area contributed by atoms with Crippen molar-refractivity contribution in [2.24, 2.45) is 0 Å². The Hall–Kier alpha value is -1.08. The van der Waals surface area contributed by atoms with Crippen LogP contribution in [0.5, 0.6) is 0 Å². The van der Waals surface area contributed by atoms with Gasteiger partial charge in [-0.3, -0.25) is 4.79 Å². The Labute approximate surface area is 90.3 Å². The van der Waals surface area contributed by atoms with Gasteiger partial charge < -0.3 is 13.9 Å². The summed E-state index contributed by atoms with van der Waals surface area (Å²) in [5.41, 5.74) is -0.893. The molecule has 0 N–H and O–H groups in total. The molecule has 0 saturated carbocycles. The lowest BCUT2D eigenvalue weighted by Crippen LogP contribution is -2.53. The molecule has 82 valence electrons. The van der Waals surface area contributed by atoms with Crippen molar-refractivity contribution in [3.8, 4) is 0 Å². The molecular weight excluding hydrogens is 220 g/mol. The number of esters is 1. The summed E-state index contributed by atoms with van der Waals surface area (Å²) in [6.07, 6.45) is 1.82. The SMILES string of the molecule is COC(=O)C1(c2nnc(SC)o2)COC1. The number of hydrogen-bond acceptors (Lipinski definition) is 7. The fourth-order valence-electron chi connectivity index (χ4n) is 1.32. The molecule has 0 bridgehead atoms. The van der Waals surface area contributed by atoms with Gasteiger partial charge in [0.05, 0.1) is 20.3 Å². The van der Waals surface area contributed by atoms with Crippen LogP contribution >= 0.6 is 11.8 Å². The highest BCUT2D eigenvalue weighted by molar-refractivity contribution is 7.98. The molecule has 0 unspecified atom stereocenters. The van der Waals surface area contributed by atoms with Gasteiger partial charge in [-0.1, -0.05) is 11.8 Å². The van der Waals surface area contributed by atoms with Crippen molar-refractivity contribution in [2.75, 3.05) is 26.6 Å². The number of methoxy groups -OCH3 is 1. The summed E-state index contributed by atoms with van der Waals surface area (Å²) in [7, 11) is 1.33. The van der Waals surface area contributed by atoms with Gasteiger partial charge >= 0.3 is 5.97 Å². The Kier molecular flexibility index (Phi) is 2.66. The van der Waals surface area contributed by atoms with Gasteiger partial charge in [-0.05, 0) is 6.26 Å². The van der Waals surface area contributed by atoms with E-state index in [0.717, 1.165) is 0 Å². The third kappa shape index (κ3) is 1.51. The van der Waals surface area contributed by atoms with E-state index < -0.39 is 11.4 Å². The van der Waals surface area contributed by atoms with Crippen molar-refractivity contribution in [2.45, 2.75) is 10.6 Å². The van der Waals surface area contributed by atoms with Crippen molar-refractivity contribution < 1.29 is 18.7 Å². The molecule has 0 spiro atoms. The predicted molar refractivity (Wildman–Crippen MR) is 50.6 cm³/mol. The number of carbonyl (C=O) groups excluding carboxylic acids is 1. The number of carbonyl (C=O) groups is 1. The number of ether oxygens (including phenoxy) is 2. The average molecular weight is 230 g/mol. The Morgan fingerprint density at radius 1 is 1.53 bits per heavy atom. The third-order valence-corrected chi connectivity index (χ3v) is 2.78. The fourth-order valence-corrected chi connectivity index (χ4v) is 1.60. The van der Waals surface area contributed by atoms with E-state index in [-0.39, 0.29) is 19.1 Å². The van der Waals surface area contributed by atoms with E-state index in [0.29, 0.717) is 5.22 Å². The van der Waals surface area contributed by atoms with Gasteiger partial charge in [0, 0.05) is 0 Å². The summed E-state index contributed by atoms with van der Waals surface area (Å²) >= 11 is 1.33. The second kappa shape index (κ2) is 3.82. The first-order chi connectivity index (χ1) is 7.23. The summed E-state index contributed by atoms with van der Waals surface area (Å²) in [5, 5.41) is 8.04. The summed E-state index contributed by atoms with van der Waals surface area (Å²) in [4.78, 5) is 11.6. The van der Waals surface area contributed by atoms with E-state index in [9.17, 15) is 4.79 Å². The molecule has 1 aromatic heterocycles. The topological polar surface area (TPSA) is 74.5 Å². The number of rotatable bonds is 3. The molecule has 2 rings (SSSR count). The van der Waals surface area contributed by atoms with Crippen LogP contribution in [-0.4, -0.2) is 42.7 Å². The standard InChI is InChI=1S/C8H10N2O4S/c1-12-6(11)8(3-13-4-8)5-9-10-7(14-5)15-2/h3-4H2,1-2H3. The van der Waals surface area contributed by atoms with Gasteiger partial charge in [0.2, 0.25) is 5.89 Å². The minimum atomic E-state index is -0.893. The lowest BCUT2D eigenvalue weighted by molar-refractivity contribution is -0.169. The molecule has 0 amide bonds. The number of thioether (sulfide) groups is 1. The third-order valence-electron chi connectivity index (χ3n) is 2.26. The highest BCUT2D eigenvalue weighted by Crippen LogP contribution is 2.33. The second-order valence-electron chi connectivity index (χ2n) is 3.14. The minimum Gasteiger partial charge on any atom is -0.468 e. The molecule has 1 aliphatic rings. The lowest BCUT2D eigenvalue weighted by Gasteiger charge is -2.34. The van der Waals surface area contributed by atoms with Crippen molar-refractivity contribution in [3.63, 3.8) is 0 Å². The zero-order chi connectivity index (χ0) is 10.9. The molecule has 6 nitrogen and oxygen atoms in total. The Morgan fingerprint density at radius 3 is 2.67 bits per heavy atom. The van der Waals surface area contributed by atoms with Crippen LogP contribution in [0.4, 0.5) is 0 Å². The van der Waals surface area contributed by atoms with E-state index in [1.54, 1.807) is 0 Å². The van der Waals surface area contributed by atoms with Gasteiger partial charge in [-0.25, -0.2) is 0 Å². The van der Waals surface area contributed by atoms with E-state index in [1.807, 2.05) is 6.26 Å². The summed E-state index contributed by atoms with van der Waals surface area (Å²) in [5.74, 6) is -0.130. The van der Waals surface area contributed by atoms with Gasteiger partial charge in [0.15, 0.2) is 5.41 Å². The number of hydrogen-bond donors (Lipinski definition) is 0. The van der Waals surface area contributed by atoms with Gasteiger partial charge in [0.1, 0.15) is 0 Å². The zero-order valence-corrected chi connectivity index (χ0v) is 9.17. The van der Waals surface area contributed by atoms with E-state index in [2.05, 4.69) is 10.2 Å². The molecule has 1 aromatic rings. The first-order valence-electron chi connectivity index (χ1n) is 4.27. The van der Waals surface area contributed by atoms with Gasteiger partial charge in [0.25, 0.3) is 5.22 Å². The highest BCUT2D eigenvalue weighted by Gasteiger charge is 2.53. The van der Waals surface area contributed by atoms with Crippen LogP contribution in [0, 0.1) is 0 Å². The quantitative estimate of drug-likeness (QED) is 0.543. The molecule has 15 heavy (non-hydrogen) atoms.